The summed E-state index contributed by atoms with van der Waals surface area (Å²) in [7, 11) is -0.913. The van der Waals surface area contributed by atoms with E-state index in [-0.39, 0.29) is 17.7 Å². The molecule has 0 aliphatic carbocycles. The first-order valence-electron chi connectivity index (χ1n) is 6.99. The SMILES string of the molecule is Cn1ccnc1C(NCC1CCS(=O)(=O)C1)c1ccco1. The maximum absolute atomic E-state index is 11.5. The minimum absolute atomic E-state index is 0.160. The van der Waals surface area contributed by atoms with Crippen molar-refractivity contribution in [3.05, 3.63) is 42.4 Å². The first kappa shape index (κ1) is 14.3. The number of imidazole rings is 1. The zero-order valence-electron chi connectivity index (χ0n) is 11.9. The van der Waals surface area contributed by atoms with E-state index in [1.165, 1.54) is 0 Å². The molecule has 3 rings (SSSR count). The van der Waals surface area contributed by atoms with Crippen molar-refractivity contribution in [3.8, 4) is 0 Å². The smallest absolute Gasteiger partial charge is 0.150 e. The molecule has 2 unspecified atom stereocenters. The van der Waals surface area contributed by atoms with Crippen LogP contribution in [-0.2, 0) is 16.9 Å². The van der Waals surface area contributed by atoms with Gasteiger partial charge in [-0.05, 0) is 24.5 Å². The second-order valence-corrected chi connectivity index (χ2v) is 7.75. The summed E-state index contributed by atoms with van der Waals surface area (Å²) in [6, 6.07) is 3.58. The van der Waals surface area contributed by atoms with Gasteiger partial charge in [0.2, 0.25) is 0 Å². The summed E-state index contributed by atoms with van der Waals surface area (Å²) >= 11 is 0. The summed E-state index contributed by atoms with van der Waals surface area (Å²) in [5.41, 5.74) is 0. The molecule has 0 amide bonds. The lowest BCUT2D eigenvalue weighted by atomic mass is 10.1. The van der Waals surface area contributed by atoms with Crippen LogP contribution in [0.15, 0.2) is 35.2 Å². The van der Waals surface area contributed by atoms with Gasteiger partial charge >= 0.3 is 0 Å². The van der Waals surface area contributed by atoms with Crippen LogP contribution in [0.1, 0.15) is 24.0 Å². The lowest BCUT2D eigenvalue weighted by Gasteiger charge is -2.18. The van der Waals surface area contributed by atoms with Gasteiger partial charge in [0.15, 0.2) is 9.84 Å². The van der Waals surface area contributed by atoms with E-state index in [0.717, 1.165) is 18.0 Å². The number of aromatic nitrogens is 2. The molecule has 6 nitrogen and oxygen atoms in total. The van der Waals surface area contributed by atoms with Gasteiger partial charge in [-0.1, -0.05) is 0 Å². The van der Waals surface area contributed by atoms with Gasteiger partial charge in [0.1, 0.15) is 17.6 Å². The van der Waals surface area contributed by atoms with Gasteiger partial charge in [-0.2, -0.15) is 0 Å². The Morgan fingerprint density at radius 3 is 3.00 bits per heavy atom. The lowest BCUT2D eigenvalue weighted by Crippen LogP contribution is -2.30. The molecule has 0 saturated carbocycles. The highest BCUT2D eigenvalue weighted by Crippen LogP contribution is 2.23. The first-order chi connectivity index (χ1) is 10.1. The molecule has 1 aliphatic heterocycles. The van der Waals surface area contributed by atoms with Crippen LogP contribution in [0.2, 0.25) is 0 Å². The molecular formula is C14H19N3O3S. The fourth-order valence-electron chi connectivity index (χ4n) is 2.75. The third-order valence-corrected chi connectivity index (χ3v) is 5.72. The molecular weight excluding hydrogens is 290 g/mol. The quantitative estimate of drug-likeness (QED) is 0.896. The van der Waals surface area contributed by atoms with E-state index in [2.05, 4.69) is 10.3 Å². The molecule has 21 heavy (non-hydrogen) atoms. The Morgan fingerprint density at radius 1 is 1.57 bits per heavy atom. The molecule has 2 aromatic heterocycles. The van der Waals surface area contributed by atoms with Gasteiger partial charge in [0.25, 0.3) is 0 Å². The number of furan rings is 1. The maximum Gasteiger partial charge on any atom is 0.150 e. The fourth-order valence-corrected chi connectivity index (χ4v) is 4.61. The normalized spacial score (nSPS) is 22.4. The predicted octanol–water partition coefficient (Wildman–Crippen LogP) is 1.13. The second kappa shape index (κ2) is 5.65. The van der Waals surface area contributed by atoms with Crippen molar-refractivity contribution in [1.29, 1.82) is 0 Å². The highest BCUT2D eigenvalue weighted by atomic mass is 32.2. The predicted molar refractivity (Wildman–Crippen MR) is 78.5 cm³/mol. The van der Waals surface area contributed by atoms with Crippen LogP contribution in [0.25, 0.3) is 0 Å². The van der Waals surface area contributed by atoms with Crippen molar-refractivity contribution in [3.63, 3.8) is 0 Å². The van der Waals surface area contributed by atoms with E-state index < -0.39 is 9.84 Å². The molecule has 114 valence electrons. The van der Waals surface area contributed by atoms with Crippen molar-refractivity contribution in [2.75, 3.05) is 18.1 Å². The number of rotatable bonds is 5. The van der Waals surface area contributed by atoms with E-state index in [1.807, 2.05) is 29.9 Å². The van der Waals surface area contributed by atoms with E-state index in [4.69, 9.17) is 4.42 Å². The Kier molecular flexibility index (Phi) is 3.86. The highest BCUT2D eigenvalue weighted by molar-refractivity contribution is 7.91. The van der Waals surface area contributed by atoms with Crippen LogP contribution < -0.4 is 5.32 Å². The summed E-state index contributed by atoms with van der Waals surface area (Å²) < 4.78 is 30.5. The topological polar surface area (TPSA) is 77.1 Å². The minimum atomic E-state index is -2.84. The van der Waals surface area contributed by atoms with E-state index in [1.54, 1.807) is 12.5 Å². The summed E-state index contributed by atoms with van der Waals surface area (Å²) in [4.78, 5) is 4.37. The average molecular weight is 309 g/mol. The molecule has 3 heterocycles. The summed E-state index contributed by atoms with van der Waals surface area (Å²) in [5, 5.41) is 3.40. The third kappa shape index (κ3) is 3.19. The van der Waals surface area contributed by atoms with Gasteiger partial charge in [0, 0.05) is 26.0 Å². The Balaban J connectivity index is 1.74. The van der Waals surface area contributed by atoms with Gasteiger partial charge in [-0.3, -0.25) is 0 Å². The first-order valence-corrected chi connectivity index (χ1v) is 8.82. The fraction of sp³-hybridized carbons (Fsp3) is 0.500. The largest absolute Gasteiger partial charge is 0.467 e. The lowest BCUT2D eigenvalue weighted by molar-refractivity contribution is 0.405. The van der Waals surface area contributed by atoms with Crippen LogP contribution in [-0.4, -0.2) is 36.0 Å². The van der Waals surface area contributed by atoms with Crippen LogP contribution in [0.4, 0.5) is 0 Å². The van der Waals surface area contributed by atoms with Gasteiger partial charge in [-0.25, -0.2) is 13.4 Å². The van der Waals surface area contributed by atoms with Gasteiger partial charge in [-0.15, -0.1) is 0 Å². The Morgan fingerprint density at radius 2 is 2.43 bits per heavy atom. The molecule has 2 aromatic rings. The zero-order chi connectivity index (χ0) is 14.9. The molecule has 2 atom stereocenters. The number of hydrogen-bond acceptors (Lipinski definition) is 5. The monoisotopic (exact) mass is 309 g/mol. The van der Waals surface area contributed by atoms with E-state index in [0.29, 0.717) is 12.3 Å². The molecule has 0 bridgehead atoms. The number of sulfone groups is 1. The van der Waals surface area contributed by atoms with Crippen molar-refractivity contribution in [2.45, 2.75) is 12.5 Å². The Hall–Kier alpha value is -1.60. The van der Waals surface area contributed by atoms with Crippen molar-refractivity contribution >= 4 is 9.84 Å². The highest BCUT2D eigenvalue weighted by Gasteiger charge is 2.29. The van der Waals surface area contributed by atoms with Crippen molar-refractivity contribution in [2.24, 2.45) is 13.0 Å². The molecule has 1 fully saturated rings. The number of aryl methyl sites for hydroxylation is 1. The van der Waals surface area contributed by atoms with Crippen molar-refractivity contribution < 1.29 is 12.8 Å². The van der Waals surface area contributed by atoms with Crippen LogP contribution in [0, 0.1) is 5.92 Å². The molecule has 7 heteroatoms. The third-order valence-electron chi connectivity index (χ3n) is 3.88. The van der Waals surface area contributed by atoms with Crippen molar-refractivity contribution in [1.82, 2.24) is 14.9 Å². The standard InChI is InChI=1S/C14H19N3O3S/c1-17-6-5-15-14(17)13(12-3-2-7-20-12)16-9-11-4-8-21(18,19)10-11/h2-3,5-7,11,13,16H,4,8-10H2,1H3. The second-order valence-electron chi connectivity index (χ2n) is 5.52. The van der Waals surface area contributed by atoms with E-state index >= 15 is 0 Å². The summed E-state index contributed by atoms with van der Waals surface area (Å²) in [6.45, 7) is 0.636. The molecule has 0 spiro atoms. The van der Waals surface area contributed by atoms with Crippen LogP contribution >= 0.6 is 0 Å². The van der Waals surface area contributed by atoms with Gasteiger partial charge in [0.05, 0.1) is 17.8 Å². The van der Waals surface area contributed by atoms with E-state index in [9.17, 15) is 8.42 Å². The zero-order valence-corrected chi connectivity index (χ0v) is 12.7. The number of hydrogen-bond donors (Lipinski definition) is 1. The maximum atomic E-state index is 11.5. The summed E-state index contributed by atoms with van der Waals surface area (Å²) in [6.07, 6.45) is 5.98. The van der Waals surface area contributed by atoms with Crippen LogP contribution in [0.5, 0.6) is 0 Å². The molecule has 0 radical (unpaired) electrons. The minimum Gasteiger partial charge on any atom is -0.467 e. The van der Waals surface area contributed by atoms with Crippen LogP contribution in [0.3, 0.4) is 0 Å². The average Bonchev–Trinajstić information content (AvgIpc) is 3.13. The molecule has 0 aromatic carbocycles. The summed E-state index contributed by atoms with van der Waals surface area (Å²) in [5.74, 6) is 2.36. The number of nitrogens with one attached hydrogen (secondary N) is 1. The Bertz CT molecular complexity index is 691. The molecule has 1 aliphatic rings. The molecule has 1 N–H and O–H groups in total. The number of nitrogens with zero attached hydrogens (tertiary/aromatic N) is 2. The molecule has 1 saturated heterocycles. The van der Waals surface area contributed by atoms with Gasteiger partial charge < -0.3 is 14.3 Å². The Labute approximate surface area is 124 Å².